The van der Waals surface area contributed by atoms with E-state index in [2.05, 4.69) is 44.3 Å². The summed E-state index contributed by atoms with van der Waals surface area (Å²) in [5.74, 6) is 1.03. The Morgan fingerprint density at radius 2 is 1.80 bits per heavy atom. The maximum absolute atomic E-state index is 5.84. The Balaban J connectivity index is 1.67. The number of benzene rings is 1. The molecule has 112 valence electrons. The van der Waals surface area contributed by atoms with Crippen molar-refractivity contribution in [2.75, 3.05) is 19.7 Å². The first-order valence-corrected chi connectivity index (χ1v) is 8.00. The van der Waals surface area contributed by atoms with Crippen LogP contribution in [0.1, 0.15) is 51.2 Å². The topological polar surface area (TPSA) is 21.3 Å². The average molecular weight is 275 g/mol. The molecule has 1 aromatic carbocycles. The average Bonchev–Trinajstić information content (AvgIpc) is 2.41. The fraction of sp³-hybridized carbons (Fsp3) is 0.667. The van der Waals surface area contributed by atoms with E-state index in [4.69, 9.17) is 4.74 Å². The number of nitrogens with one attached hydrogen (secondary N) is 1. The molecule has 1 aliphatic carbocycles. The molecule has 0 saturated heterocycles. The molecule has 2 heteroatoms. The Bertz CT molecular complexity index is 420. The fourth-order valence-corrected chi connectivity index (χ4v) is 2.63. The molecule has 20 heavy (non-hydrogen) atoms. The lowest BCUT2D eigenvalue weighted by Crippen LogP contribution is -2.25. The van der Waals surface area contributed by atoms with Crippen molar-refractivity contribution < 1.29 is 4.74 Å². The van der Waals surface area contributed by atoms with Crippen LogP contribution in [0.4, 0.5) is 0 Å². The Labute approximate surface area is 123 Å². The maximum Gasteiger partial charge on any atom is 0.119 e. The summed E-state index contributed by atoms with van der Waals surface area (Å²) in [6.45, 7) is 9.57. The van der Waals surface area contributed by atoms with Gasteiger partial charge in [0.1, 0.15) is 12.4 Å². The number of hydrogen-bond acceptors (Lipinski definition) is 2. The minimum atomic E-state index is 0.409. The van der Waals surface area contributed by atoms with Gasteiger partial charge in [-0.3, -0.25) is 0 Å². The second kappa shape index (κ2) is 7.12. The van der Waals surface area contributed by atoms with Crippen LogP contribution in [0.15, 0.2) is 18.2 Å². The zero-order valence-corrected chi connectivity index (χ0v) is 13.3. The number of rotatable bonds is 6. The molecule has 0 fully saturated rings. The van der Waals surface area contributed by atoms with Crippen LogP contribution in [0.3, 0.4) is 0 Å². The zero-order chi connectivity index (χ0) is 14.4. The molecule has 1 N–H and O–H groups in total. The van der Waals surface area contributed by atoms with Crippen LogP contribution >= 0.6 is 0 Å². The second-order valence-corrected chi connectivity index (χ2v) is 7.05. The highest BCUT2D eigenvalue weighted by Gasteiger charge is 2.10. The van der Waals surface area contributed by atoms with Gasteiger partial charge < -0.3 is 10.1 Å². The largest absolute Gasteiger partial charge is 0.492 e. The number of aryl methyl sites for hydroxylation is 2. The first kappa shape index (κ1) is 15.4. The van der Waals surface area contributed by atoms with Crippen LogP contribution in [-0.4, -0.2) is 19.7 Å². The van der Waals surface area contributed by atoms with Crippen molar-refractivity contribution in [3.63, 3.8) is 0 Å². The van der Waals surface area contributed by atoms with Crippen molar-refractivity contribution >= 4 is 0 Å². The van der Waals surface area contributed by atoms with E-state index in [9.17, 15) is 0 Å². The van der Waals surface area contributed by atoms with Gasteiger partial charge in [0.15, 0.2) is 0 Å². The van der Waals surface area contributed by atoms with E-state index >= 15 is 0 Å². The molecule has 2 nitrogen and oxygen atoms in total. The van der Waals surface area contributed by atoms with Crippen molar-refractivity contribution in [3.05, 3.63) is 29.3 Å². The maximum atomic E-state index is 5.84. The summed E-state index contributed by atoms with van der Waals surface area (Å²) in [5.41, 5.74) is 3.42. The van der Waals surface area contributed by atoms with Crippen molar-refractivity contribution in [2.45, 2.75) is 52.9 Å². The van der Waals surface area contributed by atoms with Crippen LogP contribution in [0.5, 0.6) is 5.75 Å². The predicted molar refractivity (Wildman–Crippen MR) is 85.5 cm³/mol. The summed E-state index contributed by atoms with van der Waals surface area (Å²) in [4.78, 5) is 0. The minimum absolute atomic E-state index is 0.409. The van der Waals surface area contributed by atoms with Gasteiger partial charge in [-0.15, -0.1) is 0 Å². The summed E-state index contributed by atoms with van der Waals surface area (Å²) in [6.07, 6.45) is 6.32. The van der Waals surface area contributed by atoms with Crippen molar-refractivity contribution in [3.8, 4) is 5.75 Å². The molecule has 0 heterocycles. The van der Waals surface area contributed by atoms with E-state index in [0.717, 1.165) is 25.4 Å². The first-order valence-electron chi connectivity index (χ1n) is 8.00. The van der Waals surface area contributed by atoms with Gasteiger partial charge in [-0.2, -0.15) is 0 Å². The number of hydrogen-bond donors (Lipinski definition) is 1. The molecule has 1 aromatic rings. The van der Waals surface area contributed by atoms with E-state index in [-0.39, 0.29) is 0 Å². The summed E-state index contributed by atoms with van der Waals surface area (Å²) in [6, 6.07) is 6.61. The third kappa shape index (κ3) is 5.16. The Morgan fingerprint density at radius 1 is 1.05 bits per heavy atom. The smallest absolute Gasteiger partial charge is 0.119 e. The van der Waals surface area contributed by atoms with Gasteiger partial charge in [0.05, 0.1) is 0 Å². The van der Waals surface area contributed by atoms with E-state index < -0.39 is 0 Å². The molecule has 0 aromatic heterocycles. The standard InChI is InChI=1S/C18H29NO/c1-18(2,3)10-11-19-12-13-20-17-9-8-15-6-4-5-7-16(15)14-17/h8-9,14,19H,4-7,10-13H2,1-3H3. The van der Waals surface area contributed by atoms with Gasteiger partial charge in [0.2, 0.25) is 0 Å². The lowest BCUT2D eigenvalue weighted by Gasteiger charge is -2.18. The van der Waals surface area contributed by atoms with Gasteiger partial charge in [-0.1, -0.05) is 26.8 Å². The van der Waals surface area contributed by atoms with Crippen LogP contribution in [0.25, 0.3) is 0 Å². The van der Waals surface area contributed by atoms with Crippen LogP contribution in [-0.2, 0) is 12.8 Å². The quantitative estimate of drug-likeness (QED) is 0.793. The van der Waals surface area contributed by atoms with Gasteiger partial charge >= 0.3 is 0 Å². The Morgan fingerprint density at radius 3 is 2.55 bits per heavy atom. The van der Waals surface area contributed by atoms with Crippen LogP contribution < -0.4 is 10.1 Å². The molecule has 1 aliphatic rings. The van der Waals surface area contributed by atoms with Crippen molar-refractivity contribution in [1.82, 2.24) is 5.32 Å². The van der Waals surface area contributed by atoms with Gasteiger partial charge in [-0.25, -0.2) is 0 Å². The van der Waals surface area contributed by atoms with Crippen LogP contribution in [0.2, 0.25) is 0 Å². The Hall–Kier alpha value is -1.02. The Kier molecular flexibility index (Phi) is 5.47. The molecule has 0 amide bonds. The number of fused-ring (bicyclic) bond motifs is 1. The van der Waals surface area contributed by atoms with Gasteiger partial charge in [-0.05, 0) is 67.3 Å². The summed E-state index contributed by atoms with van der Waals surface area (Å²) < 4.78 is 5.84. The van der Waals surface area contributed by atoms with Gasteiger partial charge in [0.25, 0.3) is 0 Å². The molecular weight excluding hydrogens is 246 g/mol. The molecule has 2 rings (SSSR count). The fourth-order valence-electron chi connectivity index (χ4n) is 2.63. The lowest BCUT2D eigenvalue weighted by atomic mass is 9.92. The first-order chi connectivity index (χ1) is 9.54. The molecule has 0 saturated carbocycles. The molecule has 0 spiro atoms. The van der Waals surface area contributed by atoms with E-state index in [1.165, 1.54) is 43.2 Å². The molecule has 0 unspecified atom stereocenters. The summed E-state index contributed by atoms with van der Waals surface area (Å²) >= 11 is 0. The van der Waals surface area contributed by atoms with Gasteiger partial charge in [0, 0.05) is 6.54 Å². The molecular formula is C18H29NO. The molecule has 0 bridgehead atoms. The second-order valence-electron chi connectivity index (χ2n) is 7.05. The third-order valence-corrected chi connectivity index (χ3v) is 3.92. The predicted octanol–water partition coefficient (Wildman–Crippen LogP) is 3.97. The lowest BCUT2D eigenvalue weighted by molar-refractivity contribution is 0.303. The SMILES string of the molecule is CC(C)(C)CCNCCOc1ccc2c(c1)CCCC2. The van der Waals surface area contributed by atoms with E-state index in [0.29, 0.717) is 5.41 Å². The molecule has 0 aliphatic heterocycles. The highest BCUT2D eigenvalue weighted by Crippen LogP contribution is 2.25. The third-order valence-electron chi connectivity index (χ3n) is 3.92. The molecule has 0 radical (unpaired) electrons. The van der Waals surface area contributed by atoms with E-state index in [1.54, 1.807) is 0 Å². The highest BCUT2D eigenvalue weighted by atomic mass is 16.5. The molecule has 0 atom stereocenters. The van der Waals surface area contributed by atoms with E-state index in [1.807, 2.05) is 0 Å². The normalized spacial score (nSPS) is 14.9. The summed E-state index contributed by atoms with van der Waals surface area (Å²) in [7, 11) is 0. The highest BCUT2D eigenvalue weighted by molar-refractivity contribution is 5.37. The number of ether oxygens (including phenoxy) is 1. The van der Waals surface area contributed by atoms with Crippen LogP contribution in [0, 0.1) is 5.41 Å². The summed E-state index contributed by atoms with van der Waals surface area (Å²) in [5, 5.41) is 3.45. The van der Waals surface area contributed by atoms with Crippen molar-refractivity contribution in [1.29, 1.82) is 0 Å². The minimum Gasteiger partial charge on any atom is -0.492 e. The zero-order valence-electron chi connectivity index (χ0n) is 13.3. The monoisotopic (exact) mass is 275 g/mol. The van der Waals surface area contributed by atoms with Crippen molar-refractivity contribution in [2.24, 2.45) is 5.41 Å².